The Balaban J connectivity index is 2.23. The molecule has 0 unspecified atom stereocenters. The zero-order valence-electron chi connectivity index (χ0n) is 11.8. The molecule has 4 nitrogen and oxygen atoms in total. The van der Waals surface area contributed by atoms with Crippen molar-refractivity contribution in [2.45, 2.75) is 13.8 Å². The van der Waals surface area contributed by atoms with Gasteiger partial charge in [0.1, 0.15) is 11.5 Å². The van der Waals surface area contributed by atoms with Crippen LogP contribution in [0.25, 0.3) is 0 Å². The molecule has 1 amide bonds. The van der Waals surface area contributed by atoms with Crippen molar-refractivity contribution in [1.82, 2.24) is 0 Å². The molecule has 0 saturated heterocycles. The van der Waals surface area contributed by atoms with Crippen molar-refractivity contribution < 1.29 is 14.3 Å². The van der Waals surface area contributed by atoms with E-state index in [0.717, 1.165) is 0 Å². The molecule has 0 spiro atoms. The molecule has 6 heteroatoms. The number of carbonyl (C=O) groups is 1. The van der Waals surface area contributed by atoms with E-state index >= 15 is 0 Å². The fourth-order valence-electron chi connectivity index (χ4n) is 1.76. The first kappa shape index (κ1) is 15.7. The van der Waals surface area contributed by atoms with E-state index in [1.165, 1.54) is 11.3 Å². The van der Waals surface area contributed by atoms with Crippen LogP contribution in [-0.4, -0.2) is 19.1 Å². The van der Waals surface area contributed by atoms with Crippen molar-refractivity contribution in [3.8, 4) is 11.5 Å². The van der Waals surface area contributed by atoms with Gasteiger partial charge >= 0.3 is 0 Å². The number of hydrogen-bond acceptors (Lipinski definition) is 4. The van der Waals surface area contributed by atoms with E-state index in [0.29, 0.717) is 39.6 Å². The summed E-state index contributed by atoms with van der Waals surface area (Å²) in [6, 6.07) is 8.73. The molecule has 1 aromatic heterocycles. The van der Waals surface area contributed by atoms with Crippen molar-refractivity contribution in [3.63, 3.8) is 0 Å². The van der Waals surface area contributed by atoms with E-state index in [-0.39, 0.29) is 5.91 Å². The first-order chi connectivity index (χ1) is 10.1. The van der Waals surface area contributed by atoms with Gasteiger partial charge in [0.25, 0.3) is 5.91 Å². The second-order valence-corrected chi connectivity index (χ2v) is 5.80. The second-order valence-electron chi connectivity index (χ2n) is 4.08. The van der Waals surface area contributed by atoms with E-state index in [4.69, 9.17) is 21.1 Å². The smallest absolute Gasteiger partial charge is 0.265 e. The Morgan fingerprint density at radius 2 is 1.95 bits per heavy atom. The lowest BCUT2D eigenvalue weighted by Gasteiger charge is -2.13. The van der Waals surface area contributed by atoms with Crippen LogP contribution in [0.15, 0.2) is 30.3 Å². The maximum absolute atomic E-state index is 12.2. The summed E-state index contributed by atoms with van der Waals surface area (Å²) in [7, 11) is 0. The second kappa shape index (κ2) is 7.33. The predicted octanol–water partition coefficient (Wildman–Crippen LogP) is 4.45. The summed E-state index contributed by atoms with van der Waals surface area (Å²) in [5.74, 6) is 1.07. The monoisotopic (exact) mass is 325 g/mol. The van der Waals surface area contributed by atoms with Crippen LogP contribution in [0.3, 0.4) is 0 Å². The summed E-state index contributed by atoms with van der Waals surface area (Å²) in [6.45, 7) is 4.87. The maximum Gasteiger partial charge on any atom is 0.265 e. The molecule has 0 radical (unpaired) electrons. The average Bonchev–Trinajstić information content (AvgIpc) is 2.89. The summed E-state index contributed by atoms with van der Waals surface area (Å²) in [6.07, 6.45) is 0. The lowest BCUT2D eigenvalue weighted by molar-refractivity contribution is 0.103. The fourth-order valence-corrected chi connectivity index (χ4v) is 2.70. The molecule has 1 aromatic carbocycles. The minimum absolute atomic E-state index is 0.221. The zero-order valence-corrected chi connectivity index (χ0v) is 13.4. The number of hydrogen-bond donors (Lipinski definition) is 1. The van der Waals surface area contributed by atoms with E-state index < -0.39 is 0 Å². The molecule has 0 aliphatic heterocycles. The number of amides is 1. The van der Waals surface area contributed by atoms with Gasteiger partial charge in [0, 0.05) is 6.07 Å². The van der Waals surface area contributed by atoms with Crippen LogP contribution in [0.2, 0.25) is 4.34 Å². The molecule has 1 heterocycles. The van der Waals surface area contributed by atoms with Gasteiger partial charge in [0.05, 0.1) is 28.1 Å². The van der Waals surface area contributed by atoms with Crippen LogP contribution < -0.4 is 14.8 Å². The van der Waals surface area contributed by atoms with Crippen LogP contribution in [-0.2, 0) is 0 Å². The number of benzene rings is 1. The Morgan fingerprint density at radius 3 is 2.57 bits per heavy atom. The molecule has 2 rings (SSSR count). The number of nitrogens with one attached hydrogen (secondary N) is 1. The van der Waals surface area contributed by atoms with Crippen molar-refractivity contribution in [3.05, 3.63) is 39.5 Å². The summed E-state index contributed by atoms with van der Waals surface area (Å²) in [5, 5.41) is 2.83. The molecule has 0 atom stereocenters. The third-order valence-corrected chi connectivity index (χ3v) is 3.84. The zero-order chi connectivity index (χ0) is 15.2. The van der Waals surface area contributed by atoms with E-state index in [1.54, 1.807) is 24.3 Å². The van der Waals surface area contributed by atoms with Crippen molar-refractivity contribution in [2.75, 3.05) is 18.5 Å². The minimum Gasteiger partial charge on any atom is -0.494 e. The van der Waals surface area contributed by atoms with Crippen LogP contribution in [0.1, 0.15) is 23.5 Å². The molecule has 112 valence electrons. The molecule has 1 N–H and O–H groups in total. The largest absolute Gasteiger partial charge is 0.494 e. The normalized spacial score (nSPS) is 10.2. The van der Waals surface area contributed by atoms with Crippen molar-refractivity contribution in [1.29, 1.82) is 0 Å². The lowest BCUT2D eigenvalue weighted by atomic mass is 10.2. The third kappa shape index (κ3) is 4.12. The number of rotatable bonds is 6. The van der Waals surface area contributed by atoms with Crippen LogP contribution in [0.4, 0.5) is 5.69 Å². The fraction of sp³-hybridized carbons (Fsp3) is 0.267. The number of halogens is 1. The highest BCUT2D eigenvalue weighted by atomic mass is 35.5. The van der Waals surface area contributed by atoms with Crippen molar-refractivity contribution in [2.24, 2.45) is 0 Å². The third-order valence-electron chi connectivity index (χ3n) is 2.61. The molecular formula is C15H16ClNO3S. The van der Waals surface area contributed by atoms with Gasteiger partial charge in [-0.25, -0.2) is 0 Å². The first-order valence-electron chi connectivity index (χ1n) is 6.60. The summed E-state index contributed by atoms with van der Waals surface area (Å²) in [5.41, 5.74) is 0.581. The Kier molecular flexibility index (Phi) is 5.47. The van der Waals surface area contributed by atoms with Crippen LogP contribution in [0, 0.1) is 0 Å². The van der Waals surface area contributed by atoms with E-state index in [2.05, 4.69) is 5.32 Å². The average molecular weight is 326 g/mol. The molecule has 0 bridgehead atoms. The Hall–Kier alpha value is -1.72. The first-order valence-corrected chi connectivity index (χ1v) is 7.79. The highest BCUT2D eigenvalue weighted by molar-refractivity contribution is 7.18. The van der Waals surface area contributed by atoms with Crippen molar-refractivity contribution >= 4 is 34.5 Å². The van der Waals surface area contributed by atoms with Gasteiger partial charge in [0.15, 0.2) is 0 Å². The topological polar surface area (TPSA) is 47.6 Å². The predicted molar refractivity (Wildman–Crippen MR) is 86.1 cm³/mol. The van der Waals surface area contributed by atoms with Gasteiger partial charge in [-0.05, 0) is 38.1 Å². The van der Waals surface area contributed by atoms with Crippen LogP contribution >= 0.6 is 22.9 Å². The van der Waals surface area contributed by atoms with Crippen LogP contribution in [0.5, 0.6) is 11.5 Å². The van der Waals surface area contributed by atoms with Gasteiger partial charge in [-0.2, -0.15) is 0 Å². The number of carbonyl (C=O) groups excluding carboxylic acids is 1. The highest BCUT2D eigenvalue weighted by Crippen LogP contribution is 2.31. The van der Waals surface area contributed by atoms with Gasteiger partial charge < -0.3 is 14.8 Å². The van der Waals surface area contributed by atoms with E-state index in [1.807, 2.05) is 19.9 Å². The SMILES string of the molecule is CCOc1ccc(OCC)c(NC(=O)c2ccc(Cl)s2)c1. The molecule has 2 aromatic rings. The number of ether oxygens (including phenoxy) is 2. The molecular weight excluding hydrogens is 310 g/mol. The lowest BCUT2D eigenvalue weighted by Crippen LogP contribution is -2.11. The van der Waals surface area contributed by atoms with Gasteiger partial charge in [-0.15, -0.1) is 11.3 Å². The summed E-state index contributed by atoms with van der Waals surface area (Å²) >= 11 is 7.08. The quantitative estimate of drug-likeness (QED) is 0.853. The maximum atomic E-state index is 12.2. The number of anilines is 1. The van der Waals surface area contributed by atoms with Gasteiger partial charge in [0.2, 0.25) is 0 Å². The Morgan fingerprint density at radius 1 is 1.19 bits per heavy atom. The molecule has 0 fully saturated rings. The molecule has 0 saturated carbocycles. The molecule has 0 aliphatic carbocycles. The van der Waals surface area contributed by atoms with Gasteiger partial charge in [-0.3, -0.25) is 4.79 Å². The highest BCUT2D eigenvalue weighted by Gasteiger charge is 2.13. The standard InChI is InChI=1S/C15H16ClNO3S/c1-3-19-10-5-6-12(20-4-2)11(9-10)17-15(18)13-7-8-14(16)21-13/h5-9H,3-4H2,1-2H3,(H,17,18). The molecule has 0 aliphatic rings. The van der Waals surface area contributed by atoms with E-state index in [9.17, 15) is 4.79 Å². The Labute approximate surface area is 132 Å². The van der Waals surface area contributed by atoms with Gasteiger partial charge in [-0.1, -0.05) is 11.6 Å². The molecule has 21 heavy (non-hydrogen) atoms. The summed E-state index contributed by atoms with van der Waals surface area (Å²) < 4.78 is 11.5. The number of thiophene rings is 1. The minimum atomic E-state index is -0.221. The Bertz CT molecular complexity index is 627. The summed E-state index contributed by atoms with van der Waals surface area (Å²) in [4.78, 5) is 12.7.